The summed E-state index contributed by atoms with van der Waals surface area (Å²) in [5.74, 6) is 0. The van der Waals surface area contributed by atoms with E-state index in [-0.39, 0.29) is 16.2 Å². The van der Waals surface area contributed by atoms with Crippen molar-refractivity contribution in [1.82, 2.24) is 4.72 Å². The number of aliphatic hydroxyl groups is 2. The lowest BCUT2D eigenvalue weighted by Gasteiger charge is -2.29. The third kappa shape index (κ3) is 4.22. The fourth-order valence-electron chi connectivity index (χ4n) is 1.57. The molecular weight excluding hydrogens is 320 g/mol. The summed E-state index contributed by atoms with van der Waals surface area (Å²) in [5.41, 5.74) is -1.42. The summed E-state index contributed by atoms with van der Waals surface area (Å²) in [7, 11) is -8.16. The van der Waals surface area contributed by atoms with Crippen molar-refractivity contribution < 1.29 is 27.0 Å². The van der Waals surface area contributed by atoms with Gasteiger partial charge in [-0.15, -0.1) is 0 Å². The van der Waals surface area contributed by atoms with Gasteiger partial charge in [0.15, 0.2) is 0 Å². The summed E-state index contributed by atoms with van der Waals surface area (Å²) in [4.78, 5) is -0.672. The van der Waals surface area contributed by atoms with Crippen LogP contribution in [-0.2, 0) is 20.0 Å². The topological polar surface area (TPSA) is 147 Å². The van der Waals surface area contributed by atoms with Crippen molar-refractivity contribution >= 4 is 20.0 Å². The number of rotatable bonds is 7. The van der Waals surface area contributed by atoms with Gasteiger partial charge < -0.3 is 10.2 Å². The lowest BCUT2D eigenvalue weighted by molar-refractivity contribution is 0.105. The fraction of sp³-hybridized carbons (Fsp3) is 0.455. The van der Waals surface area contributed by atoms with Crippen LogP contribution in [0.15, 0.2) is 34.1 Å². The maximum atomic E-state index is 12.2. The van der Waals surface area contributed by atoms with Crippen LogP contribution in [0.5, 0.6) is 0 Å². The zero-order chi connectivity index (χ0) is 16.3. The van der Waals surface area contributed by atoms with Gasteiger partial charge in [-0.3, -0.25) is 0 Å². The monoisotopic (exact) mass is 338 g/mol. The maximum absolute atomic E-state index is 12.2. The molecule has 21 heavy (non-hydrogen) atoms. The molecule has 0 fully saturated rings. The standard InChI is InChI=1S/C11H18N2O6S2/c1-2-11(7-14,8-15)13-21(18,19)10-5-3-4-9(6-10)20(12,16)17/h3-6,13-15H,2,7-8H2,1H3,(H2,12,16,17). The summed E-state index contributed by atoms with van der Waals surface area (Å²) in [6.07, 6.45) is 0.147. The lowest BCUT2D eigenvalue weighted by atomic mass is 10.0. The average Bonchev–Trinajstić information content (AvgIpc) is 2.44. The van der Waals surface area contributed by atoms with Crippen LogP contribution in [0.3, 0.4) is 0 Å². The van der Waals surface area contributed by atoms with Crippen molar-refractivity contribution in [3.63, 3.8) is 0 Å². The van der Waals surface area contributed by atoms with E-state index < -0.39 is 38.8 Å². The Morgan fingerprint density at radius 3 is 2.10 bits per heavy atom. The summed E-state index contributed by atoms with van der Waals surface area (Å²) < 4.78 is 49.2. The second-order valence-corrected chi connectivity index (χ2v) is 7.82. The van der Waals surface area contributed by atoms with Gasteiger partial charge in [0, 0.05) is 0 Å². The van der Waals surface area contributed by atoms with Gasteiger partial charge >= 0.3 is 0 Å². The van der Waals surface area contributed by atoms with Crippen LogP contribution < -0.4 is 9.86 Å². The molecule has 0 radical (unpaired) electrons. The van der Waals surface area contributed by atoms with Gasteiger partial charge in [-0.05, 0) is 24.6 Å². The van der Waals surface area contributed by atoms with Crippen LogP contribution in [0.2, 0.25) is 0 Å². The van der Waals surface area contributed by atoms with Gasteiger partial charge in [0.05, 0.1) is 28.5 Å². The minimum Gasteiger partial charge on any atom is -0.394 e. The van der Waals surface area contributed by atoms with Gasteiger partial charge in [0.2, 0.25) is 20.0 Å². The first-order valence-electron chi connectivity index (χ1n) is 5.99. The molecule has 1 rings (SSSR count). The molecule has 0 unspecified atom stereocenters. The SMILES string of the molecule is CCC(CO)(CO)NS(=O)(=O)c1cccc(S(N)(=O)=O)c1. The summed E-state index contributed by atoms with van der Waals surface area (Å²) in [5, 5.41) is 23.5. The van der Waals surface area contributed by atoms with E-state index in [1.165, 1.54) is 18.2 Å². The number of primary sulfonamides is 1. The quantitative estimate of drug-likeness (QED) is 0.488. The van der Waals surface area contributed by atoms with Crippen molar-refractivity contribution in [1.29, 1.82) is 0 Å². The third-order valence-corrected chi connectivity index (χ3v) is 5.56. The third-order valence-electron chi connectivity index (χ3n) is 3.08. The number of hydrogen-bond donors (Lipinski definition) is 4. The molecule has 0 heterocycles. The van der Waals surface area contributed by atoms with Crippen LogP contribution >= 0.6 is 0 Å². The first kappa shape index (κ1) is 18.0. The Labute approximate surface area is 123 Å². The van der Waals surface area contributed by atoms with E-state index in [0.717, 1.165) is 6.07 Å². The Kier molecular flexibility index (Phi) is 5.47. The van der Waals surface area contributed by atoms with Gasteiger partial charge in [-0.1, -0.05) is 13.0 Å². The van der Waals surface area contributed by atoms with Gasteiger partial charge in [-0.25, -0.2) is 26.7 Å². The van der Waals surface area contributed by atoms with E-state index in [1.807, 2.05) is 0 Å². The maximum Gasteiger partial charge on any atom is 0.241 e. The molecule has 1 aromatic rings. The molecule has 5 N–H and O–H groups in total. The van der Waals surface area contributed by atoms with Crippen molar-refractivity contribution in [2.75, 3.05) is 13.2 Å². The van der Waals surface area contributed by atoms with Crippen LogP contribution in [0.25, 0.3) is 0 Å². The second-order valence-electron chi connectivity index (χ2n) is 4.58. The average molecular weight is 338 g/mol. The van der Waals surface area contributed by atoms with Gasteiger partial charge in [-0.2, -0.15) is 0 Å². The molecule has 0 aliphatic rings. The zero-order valence-electron chi connectivity index (χ0n) is 11.4. The van der Waals surface area contributed by atoms with Gasteiger partial charge in [0.1, 0.15) is 0 Å². The number of hydrogen-bond acceptors (Lipinski definition) is 6. The molecule has 0 saturated heterocycles. The highest BCUT2D eigenvalue weighted by Crippen LogP contribution is 2.18. The van der Waals surface area contributed by atoms with Crippen LogP contribution in [0.1, 0.15) is 13.3 Å². The van der Waals surface area contributed by atoms with Gasteiger partial charge in [0.25, 0.3) is 0 Å². The van der Waals surface area contributed by atoms with E-state index in [0.29, 0.717) is 0 Å². The number of sulfonamides is 2. The normalized spacial score (nSPS) is 13.3. The van der Waals surface area contributed by atoms with Crippen molar-refractivity contribution in [3.8, 4) is 0 Å². The largest absolute Gasteiger partial charge is 0.394 e. The summed E-state index contributed by atoms with van der Waals surface area (Å²) in [6, 6.07) is 4.50. The fourth-order valence-corrected chi connectivity index (χ4v) is 3.71. The molecule has 0 amide bonds. The highest BCUT2D eigenvalue weighted by atomic mass is 32.2. The van der Waals surface area contributed by atoms with E-state index in [9.17, 15) is 27.0 Å². The second kappa shape index (κ2) is 6.38. The molecule has 0 atom stereocenters. The molecule has 8 nitrogen and oxygen atoms in total. The number of aliphatic hydroxyl groups excluding tert-OH is 2. The molecule has 0 bridgehead atoms. The first-order valence-corrected chi connectivity index (χ1v) is 9.02. The molecule has 0 saturated carbocycles. The Bertz CT molecular complexity index is 687. The van der Waals surface area contributed by atoms with Crippen molar-refractivity contribution in [3.05, 3.63) is 24.3 Å². The molecule has 0 aliphatic carbocycles. The Balaban J connectivity index is 3.26. The lowest BCUT2D eigenvalue weighted by Crippen LogP contribution is -2.53. The van der Waals surface area contributed by atoms with Crippen LogP contribution in [0, 0.1) is 0 Å². The summed E-state index contributed by atoms with van der Waals surface area (Å²) >= 11 is 0. The van der Waals surface area contributed by atoms with E-state index in [4.69, 9.17) is 5.14 Å². The first-order chi connectivity index (χ1) is 9.60. The predicted molar refractivity (Wildman–Crippen MR) is 75.3 cm³/mol. The molecule has 0 aromatic heterocycles. The summed E-state index contributed by atoms with van der Waals surface area (Å²) in [6.45, 7) is 0.387. The van der Waals surface area contributed by atoms with Crippen LogP contribution in [0.4, 0.5) is 0 Å². The van der Waals surface area contributed by atoms with E-state index in [1.54, 1.807) is 6.92 Å². The van der Waals surface area contributed by atoms with Crippen molar-refractivity contribution in [2.24, 2.45) is 5.14 Å². The molecule has 0 aliphatic heterocycles. The van der Waals surface area contributed by atoms with Crippen LogP contribution in [-0.4, -0.2) is 45.8 Å². The van der Waals surface area contributed by atoms with E-state index >= 15 is 0 Å². The highest BCUT2D eigenvalue weighted by Gasteiger charge is 2.33. The minimum atomic E-state index is -4.13. The minimum absolute atomic E-state index is 0.147. The highest BCUT2D eigenvalue weighted by molar-refractivity contribution is 7.90. The Morgan fingerprint density at radius 1 is 1.14 bits per heavy atom. The Morgan fingerprint density at radius 2 is 1.67 bits per heavy atom. The van der Waals surface area contributed by atoms with E-state index in [2.05, 4.69) is 4.72 Å². The van der Waals surface area contributed by atoms with Crippen molar-refractivity contribution in [2.45, 2.75) is 28.7 Å². The molecular formula is C11H18N2O6S2. The number of nitrogens with one attached hydrogen (secondary N) is 1. The Hall–Kier alpha value is -1.04. The number of nitrogens with two attached hydrogens (primary N) is 1. The molecule has 1 aromatic carbocycles. The number of benzene rings is 1. The molecule has 0 spiro atoms. The smallest absolute Gasteiger partial charge is 0.241 e. The molecule has 120 valence electrons. The predicted octanol–water partition coefficient (Wildman–Crippen LogP) is -1.25. The zero-order valence-corrected chi connectivity index (χ0v) is 13.0. The molecule has 10 heteroatoms.